The predicted molar refractivity (Wildman–Crippen MR) is 83.5 cm³/mol. The fourth-order valence-electron chi connectivity index (χ4n) is 2.79. The quantitative estimate of drug-likeness (QED) is 0.681. The fraction of sp³-hybridized carbons (Fsp3) is 0.500. The number of rotatable bonds is 3. The van der Waals surface area contributed by atoms with Crippen molar-refractivity contribution in [2.24, 2.45) is 11.3 Å². The molecule has 23 heavy (non-hydrogen) atoms. The van der Waals surface area contributed by atoms with Gasteiger partial charge in [-0.2, -0.15) is 0 Å². The van der Waals surface area contributed by atoms with E-state index in [4.69, 9.17) is 5.11 Å². The zero-order valence-electron chi connectivity index (χ0n) is 13.4. The third-order valence-corrected chi connectivity index (χ3v) is 4.67. The fourth-order valence-corrected chi connectivity index (χ4v) is 2.79. The molecule has 1 saturated heterocycles. The zero-order chi connectivity index (χ0) is 17.4. The van der Waals surface area contributed by atoms with E-state index in [-0.39, 0.29) is 22.4 Å². The Hall–Kier alpha value is -2.44. The van der Waals surface area contributed by atoms with Crippen molar-refractivity contribution in [3.63, 3.8) is 0 Å². The molecular weight excluding hydrogens is 300 g/mol. The summed E-state index contributed by atoms with van der Waals surface area (Å²) >= 11 is 0. The lowest BCUT2D eigenvalue weighted by atomic mass is 9.75. The van der Waals surface area contributed by atoms with Gasteiger partial charge in [0.25, 0.3) is 11.6 Å². The highest BCUT2D eigenvalue weighted by atomic mass is 16.6. The second kappa shape index (κ2) is 5.98. The summed E-state index contributed by atoms with van der Waals surface area (Å²) in [6.45, 7) is 7.39. The van der Waals surface area contributed by atoms with Crippen molar-refractivity contribution >= 4 is 17.6 Å². The Morgan fingerprint density at radius 2 is 1.91 bits per heavy atom. The van der Waals surface area contributed by atoms with E-state index in [1.54, 1.807) is 4.90 Å². The van der Waals surface area contributed by atoms with Crippen molar-refractivity contribution in [3.05, 3.63) is 39.4 Å². The number of hydrogen-bond acceptors (Lipinski definition) is 4. The lowest BCUT2D eigenvalue weighted by Crippen LogP contribution is -2.47. The minimum atomic E-state index is -1.30. The number of nitrogens with zero attached hydrogens (tertiary/aromatic N) is 2. The number of likely N-dealkylation sites (tertiary alicyclic amines) is 1. The van der Waals surface area contributed by atoms with Gasteiger partial charge < -0.3 is 10.0 Å². The minimum absolute atomic E-state index is 0.0435. The third kappa shape index (κ3) is 3.49. The molecule has 2 rings (SSSR count). The summed E-state index contributed by atoms with van der Waals surface area (Å²) in [4.78, 5) is 35.7. The minimum Gasteiger partial charge on any atom is -0.478 e. The van der Waals surface area contributed by atoms with E-state index in [0.717, 1.165) is 18.6 Å². The monoisotopic (exact) mass is 320 g/mol. The topological polar surface area (TPSA) is 101 Å². The van der Waals surface area contributed by atoms with Crippen LogP contribution in [-0.4, -0.2) is 39.9 Å². The second-order valence-corrected chi connectivity index (χ2v) is 6.74. The Kier molecular flexibility index (Phi) is 4.40. The first-order valence-electron chi connectivity index (χ1n) is 7.44. The summed E-state index contributed by atoms with van der Waals surface area (Å²) in [5.74, 6) is -1.20. The lowest BCUT2D eigenvalue weighted by molar-refractivity contribution is -0.384. The molecule has 1 aliphatic heterocycles. The molecule has 7 nitrogen and oxygen atoms in total. The Labute approximate surface area is 134 Å². The van der Waals surface area contributed by atoms with Crippen molar-refractivity contribution in [2.75, 3.05) is 13.1 Å². The molecule has 1 heterocycles. The Bertz CT molecular complexity index is 636. The standard InChI is InChI=1S/C16H20N2O5/c1-10-4-5-17(9-16(10,2)3)14(19)11-6-12(15(20)21)8-13(7-11)18(22)23/h6-8,10H,4-5,9H2,1-3H3,(H,20,21). The molecule has 0 spiro atoms. The average Bonchev–Trinajstić information content (AvgIpc) is 2.48. The number of nitro benzene ring substituents is 1. The van der Waals surface area contributed by atoms with Gasteiger partial charge >= 0.3 is 5.97 Å². The molecule has 0 bridgehead atoms. The predicted octanol–water partition coefficient (Wildman–Crippen LogP) is 2.80. The van der Waals surface area contributed by atoms with E-state index in [9.17, 15) is 19.7 Å². The third-order valence-electron chi connectivity index (χ3n) is 4.67. The van der Waals surface area contributed by atoms with Gasteiger partial charge in [0.1, 0.15) is 0 Å². The first kappa shape index (κ1) is 16.9. The highest BCUT2D eigenvalue weighted by Crippen LogP contribution is 2.35. The van der Waals surface area contributed by atoms with E-state index >= 15 is 0 Å². The van der Waals surface area contributed by atoms with Gasteiger partial charge in [-0.3, -0.25) is 14.9 Å². The molecule has 0 radical (unpaired) electrons. The number of carboxylic acids is 1. The van der Waals surface area contributed by atoms with Crippen molar-refractivity contribution in [2.45, 2.75) is 27.2 Å². The summed E-state index contributed by atoms with van der Waals surface area (Å²) in [7, 11) is 0. The van der Waals surface area contributed by atoms with E-state index in [0.29, 0.717) is 19.0 Å². The molecule has 1 aromatic rings. The number of aromatic carboxylic acids is 1. The van der Waals surface area contributed by atoms with Crippen LogP contribution in [0.4, 0.5) is 5.69 Å². The number of piperidine rings is 1. The van der Waals surface area contributed by atoms with Crippen LogP contribution in [0.2, 0.25) is 0 Å². The molecule has 0 saturated carbocycles. The number of nitro groups is 1. The normalized spacial score (nSPS) is 20.1. The van der Waals surface area contributed by atoms with Gasteiger partial charge in [0.2, 0.25) is 0 Å². The van der Waals surface area contributed by atoms with Crippen molar-refractivity contribution in [1.29, 1.82) is 0 Å². The largest absolute Gasteiger partial charge is 0.478 e. The Morgan fingerprint density at radius 1 is 1.30 bits per heavy atom. The van der Waals surface area contributed by atoms with Crippen LogP contribution >= 0.6 is 0 Å². The molecule has 0 aromatic heterocycles. The maximum Gasteiger partial charge on any atom is 0.335 e. The molecule has 1 aliphatic rings. The number of non-ortho nitro benzene ring substituents is 1. The maximum atomic E-state index is 12.7. The number of benzene rings is 1. The van der Waals surface area contributed by atoms with Crippen LogP contribution in [0.3, 0.4) is 0 Å². The second-order valence-electron chi connectivity index (χ2n) is 6.74. The zero-order valence-corrected chi connectivity index (χ0v) is 13.4. The van der Waals surface area contributed by atoms with Crippen LogP contribution in [0, 0.1) is 21.4 Å². The first-order chi connectivity index (χ1) is 10.6. The van der Waals surface area contributed by atoms with Crippen LogP contribution in [-0.2, 0) is 0 Å². The molecular formula is C16H20N2O5. The van der Waals surface area contributed by atoms with E-state index < -0.39 is 16.6 Å². The van der Waals surface area contributed by atoms with Gasteiger partial charge in [0.05, 0.1) is 10.5 Å². The summed E-state index contributed by atoms with van der Waals surface area (Å²) in [5, 5.41) is 20.0. The van der Waals surface area contributed by atoms with Gasteiger partial charge in [0, 0.05) is 30.8 Å². The number of hydrogen-bond donors (Lipinski definition) is 1. The molecule has 1 amide bonds. The summed E-state index contributed by atoms with van der Waals surface area (Å²) in [6.07, 6.45) is 0.847. The van der Waals surface area contributed by atoms with Crippen LogP contribution in [0.25, 0.3) is 0 Å². The van der Waals surface area contributed by atoms with Crippen molar-refractivity contribution in [1.82, 2.24) is 4.90 Å². The smallest absolute Gasteiger partial charge is 0.335 e. The van der Waals surface area contributed by atoms with E-state index in [1.165, 1.54) is 6.07 Å². The number of carbonyl (C=O) groups is 2. The molecule has 1 N–H and O–H groups in total. The molecule has 1 atom stereocenters. The van der Waals surface area contributed by atoms with E-state index in [2.05, 4.69) is 20.8 Å². The number of carbonyl (C=O) groups excluding carboxylic acids is 1. The molecule has 1 unspecified atom stereocenters. The SMILES string of the molecule is CC1CCN(C(=O)c2cc(C(=O)O)cc([N+](=O)[O-])c2)CC1(C)C. The summed E-state index contributed by atoms with van der Waals surface area (Å²) in [6, 6.07) is 3.30. The molecule has 7 heteroatoms. The van der Waals surface area contributed by atoms with Gasteiger partial charge in [-0.1, -0.05) is 20.8 Å². The van der Waals surface area contributed by atoms with Gasteiger partial charge in [-0.15, -0.1) is 0 Å². The van der Waals surface area contributed by atoms with Crippen molar-refractivity contribution < 1.29 is 19.6 Å². The van der Waals surface area contributed by atoms with Crippen LogP contribution in [0.5, 0.6) is 0 Å². The van der Waals surface area contributed by atoms with Gasteiger partial charge in [0.15, 0.2) is 0 Å². The van der Waals surface area contributed by atoms with Gasteiger partial charge in [-0.25, -0.2) is 4.79 Å². The average molecular weight is 320 g/mol. The molecule has 1 aromatic carbocycles. The molecule has 1 fully saturated rings. The van der Waals surface area contributed by atoms with Crippen LogP contribution < -0.4 is 0 Å². The Morgan fingerprint density at radius 3 is 2.43 bits per heavy atom. The summed E-state index contributed by atoms with van der Waals surface area (Å²) in [5.41, 5.74) is -0.656. The van der Waals surface area contributed by atoms with Gasteiger partial charge in [-0.05, 0) is 23.8 Å². The van der Waals surface area contributed by atoms with E-state index in [1.807, 2.05) is 0 Å². The molecule has 0 aliphatic carbocycles. The Balaban J connectivity index is 2.35. The number of amides is 1. The summed E-state index contributed by atoms with van der Waals surface area (Å²) < 4.78 is 0. The van der Waals surface area contributed by atoms with Crippen molar-refractivity contribution in [3.8, 4) is 0 Å². The highest BCUT2D eigenvalue weighted by molar-refractivity contribution is 5.98. The maximum absolute atomic E-state index is 12.7. The van der Waals surface area contributed by atoms with Crippen LogP contribution in [0.15, 0.2) is 18.2 Å². The first-order valence-corrected chi connectivity index (χ1v) is 7.44. The number of carboxylic acid groups (broad SMARTS) is 1. The highest BCUT2D eigenvalue weighted by Gasteiger charge is 2.35. The lowest BCUT2D eigenvalue weighted by Gasteiger charge is -2.43. The van der Waals surface area contributed by atoms with Crippen LogP contribution in [0.1, 0.15) is 47.9 Å². The molecule has 124 valence electrons.